The van der Waals surface area contributed by atoms with Gasteiger partial charge in [-0.05, 0) is 60.7 Å². The topological polar surface area (TPSA) is 94.1 Å². The van der Waals surface area contributed by atoms with Crippen molar-refractivity contribution in [3.8, 4) is 17.2 Å². The number of carbonyl (C=O) groups excluding carboxylic acids is 1. The molecular weight excluding hydrogens is 525 g/mol. The van der Waals surface area contributed by atoms with Gasteiger partial charge in [-0.3, -0.25) is 4.79 Å². The van der Waals surface area contributed by atoms with Gasteiger partial charge in [0, 0.05) is 40.1 Å². The van der Waals surface area contributed by atoms with Crippen LogP contribution in [0.15, 0.2) is 59.5 Å². The maximum Gasteiger partial charge on any atom is 0.506 e. The molecular formula is C26H23Cl2NO6S. The van der Waals surface area contributed by atoms with Crippen molar-refractivity contribution < 1.29 is 28.9 Å². The van der Waals surface area contributed by atoms with Gasteiger partial charge in [0.25, 0.3) is 5.91 Å². The molecule has 0 aromatic heterocycles. The Bertz CT molecular complexity index is 1270. The molecule has 0 bridgehead atoms. The second kappa shape index (κ2) is 11.8. The van der Waals surface area contributed by atoms with Crippen molar-refractivity contribution in [2.75, 3.05) is 19.4 Å². The number of halogens is 2. The quantitative estimate of drug-likeness (QED) is 0.231. The van der Waals surface area contributed by atoms with E-state index in [0.717, 1.165) is 10.5 Å². The number of benzene rings is 3. The van der Waals surface area contributed by atoms with Crippen LogP contribution in [0.3, 0.4) is 0 Å². The molecule has 1 aliphatic heterocycles. The lowest BCUT2D eigenvalue weighted by atomic mass is 10.0. The summed E-state index contributed by atoms with van der Waals surface area (Å²) in [7, 11) is 0. The average molecular weight is 548 g/mol. The average Bonchev–Trinajstić information content (AvgIpc) is 2.86. The van der Waals surface area contributed by atoms with E-state index in [1.165, 1.54) is 0 Å². The second-order valence-electron chi connectivity index (χ2n) is 7.92. The third-order valence-electron chi connectivity index (χ3n) is 5.57. The van der Waals surface area contributed by atoms with Crippen LogP contribution in [0.4, 0.5) is 4.79 Å². The highest BCUT2D eigenvalue weighted by molar-refractivity contribution is 7.98. The van der Waals surface area contributed by atoms with Crippen LogP contribution in [0, 0.1) is 0 Å². The third-order valence-corrected chi connectivity index (χ3v) is 6.92. The number of carbonyl (C=O) groups is 2. The van der Waals surface area contributed by atoms with Crippen molar-refractivity contribution in [1.29, 1.82) is 0 Å². The first kappa shape index (κ1) is 26.0. The normalized spacial score (nSPS) is 14.4. The highest BCUT2D eigenvalue weighted by Crippen LogP contribution is 2.42. The van der Waals surface area contributed by atoms with Crippen molar-refractivity contribution in [2.45, 2.75) is 23.8 Å². The monoisotopic (exact) mass is 547 g/mol. The number of thioether (sulfide) groups is 1. The lowest BCUT2D eigenvalue weighted by molar-refractivity contribution is 0.0326. The number of hydrogen-bond donors (Lipinski definition) is 2. The minimum Gasteiger partial charge on any atom is -0.493 e. The number of ether oxygens (including phenoxy) is 3. The van der Waals surface area contributed by atoms with E-state index in [9.17, 15) is 9.59 Å². The summed E-state index contributed by atoms with van der Waals surface area (Å²) < 4.78 is 16.5. The van der Waals surface area contributed by atoms with E-state index in [4.69, 9.17) is 42.5 Å². The number of nitrogens with one attached hydrogen (secondary N) is 1. The van der Waals surface area contributed by atoms with E-state index in [1.807, 2.05) is 24.5 Å². The van der Waals surface area contributed by atoms with Crippen molar-refractivity contribution in [2.24, 2.45) is 0 Å². The maximum absolute atomic E-state index is 12.6. The maximum atomic E-state index is 12.6. The summed E-state index contributed by atoms with van der Waals surface area (Å²) in [5.74, 6) is 1.09. The highest BCUT2D eigenvalue weighted by atomic mass is 35.5. The van der Waals surface area contributed by atoms with E-state index in [1.54, 1.807) is 48.2 Å². The molecule has 1 unspecified atom stereocenters. The van der Waals surface area contributed by atoms with Crippen LogP contribution in [0.5, 0.6) is 17.2 Å². The minimum absolute atomic E-state index is 0.189. The SMILES string of the molecule is CSc1cc(Cl)ccc1CCNC(=O)c1ccc(Oc2cc3c(cc2Cl)C(OC(=O)O)CCO3)cc1. The summed E-state index contributed by atoms with van der Waals surface area (Å²) in [6.45, 7) is 0.802. The summed E-state index contributed by atoms with van der Waals surface area (Å²) in [5, 5.41) is 12.9. The Kier molecular flexibility index (Phi) is 8.51. The van der Waals surface area contributed by atoms with E-state index < -0.39 is 12.3 Å². The van der Waals surface area contributed by atoms with E-state index in [2.05, 4.69) is 5.32 Å². The molecule has 36 heavy (non-hydrogen) atoms. The molecule has 188 valence electrons. The van der Waals surface area contributed by atoms with Gasteiger partial charge in [-0.1, -0.05) is 29.3 Å². The van der Waals surface area contributed by atoms with E-state index in [0.29, 0.717) is 59.4 Å². The molecule has 7 nitrogen and oxygen atoms in total. The lowest BCUT2D eigenvalue weighted by Gasteiger charge is -2.25. The fourth-order valence-electron chi connectivity index (χ4n) is 3.82. The number of fused-ring (bicyclic) bond motifs is 1. The van der Waals surface area contributed by atoms with Gasteiger partial charge in [-0.25, -0.2) is 4.79 Å². The summed E-state index contributed by atoms with van der Waals surface area (Å²) in [6.07, 6.45) is 1.08. The zero-order valence-electron chi connectivity index (χ0n) is 19.3. The zero-order chi connectivity index (χ0) is 25.7. The Hall–Kier alpha value is -3.07. The molecule has 0 saturated carbocycles. The van der Waals surface area contributed by atoms with Crippen molar-refractivity contribution in [3.63, 3.8) is 0 Å². The predicted octanol–water partition coefficient (Wildman–Crippen LogP) is 7.00. The predicted molar refractivity (Wildman–Crippen MR) is 139 cm³/mol. The van der Waals surface area contributed by atoms with Crippen molar-refractivity contribution in [3.05, 3.63) is 81.3 Å². The molecule has 1 heterocycles. The van der Waals surface area contributed by atoms with Gasteiger partial charge in [-0.15, -0.1) is 11.8 Å². The van der Waals surface area contributed by atoms with Gasteiger partial charge in [0.1, 0.15) is 23.4 Å². The van der Waals surface area contributed by atoms with Crippen LogP contribution in [0.25, 0.3) is 0 Å². The molecule has 0 radical (unpaired) electrons. The number of amides is 1. The van der Waals surface area contributed by atoms with Crippen LogP contribution < -0.4 is 14.8 Å². The van der Waals surface area contributed by atoms with Crippen LogP contribution in [-0.2, 0) is 11.2 Å². The Morgan fingerprint density at radius 1 is 1.14 bits per heavy atom. The van der Waals surface area contributed by atoms with Crippen LogP contribution >= 0.6 is 35.0 Å². The van der Waals surface area contributed by atoms with E-state index in [-0.39, 0.29) is 10.9 Å². The zero-order valence-corrected chi connectivity index (χ0v) is 21.6. The molecule has 1 aliphatic rings. The van der Waals surface area contributed by atoms with Crippen molar-refractivity contribution >= 4 is 47.0 Å². The molecule has 0 aliphatic carbocycles. The first-order valence-corrected chi connectivity index (χ1v) is 13.1. The fourth-order valence-corrected chi connectivity index (χ4v) is 4.94. The largest absolute Gasteiger partial charge is 0.506 e. The summed E-state index contributed by atoms with van der Waals surface area (Å²) in [5.41, 5.74) is 2.18. The molecule has 0 saturated heterocycles. The molecule has 3 aromatic rings. The summed E-state index contributed by atoms with van der Waals surface area (Å²) in [4.78, 5) is 24.6. The number of carboxylic acid groups (broad SMARTS) is 1. The Balaban J connectivity index is 1.37. The molecule has 1 amide bonds. The second-order valence-corrected chi connectivity index (χ2v) is 9.61. The number of rotatable bonds is 8. The van der Waals surface area contributed by atoms with Gasteiger partial charge < -0.3 is 24.6 Å². The fraction of sp³-hybridized carbons (Fsp3) is 0.231. The van der Waals surface area contributed by atoms with Crippen LogP contribution in [-0.4, -0.2) is 36.6 Å². The summed E-state index contributed by atoms with van der Waals surface area (Å²) in [6, 6.07) is 15.6. The van der Waals surface area contributed by atoms with Gasteiger partial charge in [0.05, 0.1) is 11.6 Å². The standard InChI is InChI=1S/C26H23Cl2NO6S/c1-36-24-12-17(27)5-2-15(24)8-10-29-25(30)16-3-6-18(7-4-16)34-23-14-22-19(13-20(23)28)21(9-11-33-22)35-26(31)32/h2-7,12-14,21H,8-11H2,1H3,(H,29,30)(H,31,32). The molecule has 1 atom stereocenters. The molecule has 0 spiro atoms. The van der Waals surface area contributed by atoms with Gasteiger partial charge >= 0.3 is 6.16 Å². The molecule has 3 aromatic carbocycles. The van der Waals surface area contributed by atoms with Crippen molar-refractivity contribution in [1.82, 2.24) is 5.32 Å². The summed E-state index contributed by atoms with van der Waals surface area (Å²) >= 11 is 14.1. The molecule has 4 rings (SSSR count). The molecule has 2 N–H and O–H groups in total. The van der Waals surface area contributed by atoms with Gasteiger partial charge in [-0.2, -0.15) is 0 Å². The Morgan fingerprint density at radius 2 is 1.92 bits per heavy atom. The number of hydrogen-bond acceptors (Lipinski definition) is 6. The van der Waals surface area contributed by atoms with Gasteiger partial charge in [0.2, 0.25) is 0 Å². The van der Waals surface area contributed by atoms with Crippen LogP contribution in [0.2, 0.25) is 10.0 Å². The van der Waals surface area contributed by atoms with Gasteiger partial charge in [0.15, 0.2) is 0 Å². The Labute approximate surface area is 222 Å². The molecule has 0 fully saturated rings. The Morgan fingerprint density at radius 3 is 2.64 bits per heavy atom. The smallest absolute Gasteiger partial charge is 0.493 e. The first-order chi connectivity index (χ1) is 17.3. The highest BCUT2D eigenvalue weighted by Gasteiger charge is 2.27. The van der Waals surface area contributed by atoms with Crippen LogP contribution in [0.1, 0.15) is 34.0 Å². The minimum atomic E-state index is -1.36. The lowest BCUT2D eigenvalue weighted by Crippen LogP contribution is -2.25. The van der Waals surface area contributed by atoms with E-state index >= 15 is 0 Å². The third kappa shape index (κ3) is 6.37. The first-order valence-electron chi connectivity index (χ1n) is 11.1. The molecule has 10 heteroatoms.